The van der Waals surface area contributed by atoms with Gasteiger partial charge in [-0.2, -0.15) is 4.98 Å². The first-order valence-electron chi connectivity index (χ1n) is 9.50. The monoisotopic (exact) mass is 422 g/mol. The van der Waals surface area contributed by atoms with Crippen LogP contribution in [0.2, 0.25) is 5.28 Å². The summed E-state index contributed by atoms with van der Waals surface area (Å²) >= 11 is 6.04. The number of amides is 2. The Morgan fingerprint density at radius 2 is 2.03 bits per heavy atom. The highest BCUT2D eigenvalue weighted by Crippen LogP contribution is 2.26. The summed E-state index contributed by atoms with van der Waals surface area (Å²) in [5, 5.41) is 4.25. The van der Waals surface area contributed by atoms with Gasteiger partial charge in [0, 0.05) is 39.4 Å². The first-order valence-corrected chi connectivity index (χ1v) is 9.87. The first-order chi connectivity index (χ1) is 13.5. The van der Waals surface area contributed by atoms with Crippen LogP contribution in [-0.2, 0) is 9.53 Å². The maximum Gasteiger partial charge on any atom is 0.410 e. The number of rotatable bonds is 3. The summed E-state index contributed by atoms with van der Waals surface area (Å²) in [6.07, 6.45) is 1.88. The van der Waals surface area contributed by atoms with Crippen LogP contribution in [0.3, 0.4) is 0 Å². The molecule has 2 N–H and O–H groups in total. The fourth-order valence-electron chi connectivity index (χ4n) is 3.44. The van der Waals surface area contributed by atoms with Gasteiger partial charge in [-0.05, 0) is 44.9 Å². The molecule has 1 saturated heterocycles. The highest BCUT2D eigenvalue weighted by molar-refractivity contribution is 6.28. The molecule has 0 unspecified atom stereocenters. The average molecular weight is 423 g/mol. The number of nitrogens with one attached hydrogen (secondary N) is 2. The summed E-state index contributed by atoms with van der Waals surface area (Å²) in [7, 11) is 3.43. The minimum Gasteiger partial charge on any atom is -0.444 e. The minimum atomic E-state index is -0.615. The van der Waals surface area contributed by atoms with Gasteiger partial charge in [0.15, 0.2) is 0 Å². The summed E-state index contributed by atoms with van der Waals surface area (Å²) in [6.45, 7) is 6.16. The van der Waals surface area contributed by atoms with Crippen molar-refractivity contribution in [2.75, 3.05) is 32.5 Å². The minimum absolute atomic E-state index is 0.0300. The van der Waals surface area contributed by atoms with E-state index in [0.717, 1.165) is 5.39 Å². The van der Waals surface area contributed by atoms with Crippen molar-refractivity contribution < 1.29 is 14.3 Å². The van der Waals surface area contributed by atoms with Gasteiger partial charge in [-0.1, -0.05) is 0 Å². The van der Waals surface area contributed by atoms with E-state index in [2.05, 4.69) is 20.3 Å². The van der Waals surface area contributed by atoms with Gasteiger partial charge in [0.1, 0.15) is 17.1 Å². The maximum atomic E-state index is 12.7. The van der Waals surface area contributed by atoms with Crippen molar-refractivity contribution in [1.82, 2.24) is 24.8 Å². The lowest BCUT2D eigenvalue weighted by atomic mass is 9.93. The standard InChI is InChI=1S/C19H27ClN6O3/c1-19(2,3)29-18(28)26-9-11(16(27)25(4)5)8-12(10-26)22-15-13-6-7-21-14(13)23-17(20)24-15/h6-7,11-12H,8-10H2,1-5H3,(H2,21,22,23,24)/t11-,12+/m1/s1. The van der Waals surface area contributed by atoms with E-state index >= 15 is 0 Å². The van der Waals surface area contributed by atoms with Gasteiger partial charge in [-0.15, -0.1) is 0 Å². The average Bonchev–Trinajstić information content (AvgIpc) is 3.07. The molecule has 2 aromatic heterocycles. The second-order valence-electron chi connectivity index (χ2n) is 8.47. The fraction of sp³-hybridized carbons (Fsp3) is 0.579. The van der Waals surface area contributed by atoms with Crippen molar-refractivity contribution in [2.45, 2.75) is 38.8 Å². The largest absolute Gasteiger partial charge is 0.444 e. The topological polar surface area (TPSA) is 103 Å². The lowest BCUT2D eigenvalue weighted by molar-refractivity contribution is -0.134. The lowest BCUT2D eigenvalue weighted by Gasteiger charge is -2.39. The number of nitrogens with zero attached hydrogens (tertiary/aromatic N) is 4. The molecule has 2 amide bonds. The van der Waals surface area contributed by atoms with E-state index in [1.807, 2.05) is 26.8 Å². The summed E-state index contributed by atoms with van der Waals surface area (Å²) < 4.78 is 5.52. The van der Waals surface area contributed by atoms with Gasteiger partial charge in [0.25, 0.3) is 0 Å². The number of aromatic amines is 1. The number of halogens is 1. The van der Waals surface area contributed by atoms with Crippen molar-refractivity contribution in [3.8, 4) is 0 Å². The number of ether oxygens (including phenoxy) is 1. The van der Waals surface area contributed by atoms with Crippen molar-refractivity contribution in [2.24, 2.45) is 5.92 Å². The number of carbonyl (C=O) groups excluding carboxylic acids is 2. The fourth-order valence-corrected chi connectivity index (χ4v) is 3.61. The smallest absolute Gasteiger partial charge is 0.410 e. The van der Waals surface area contributed by atoms with E-state index in [1.165, 1.54) is 0 Å². The van der Waals surface area contributed by atoms with Gasteiger partial charge in [0.2, 0.25) is 11.2 Å². The highest BCUT2D eigenvalue weighted by atomic mass is 35.5. The van der Waals surface area contributed by atoms with E-state index < -0.39 is 11.7 Å². The van der Waals surface area contributed by atoms with Crippen LogP contribution >= 0.6 is 11.6 Å². The summed E-state index contributed by atoms with van der Waals surface area (Å²) in [6, 6.07) is 1.65. The van der Waals surface area contributed by atoms with Gasteiger partial charge in [0.05, 0.1) is 11.3 Å². The van der Waals surface area contributed by atoms with E-state index in [4.69, 9.17) is 16.3 Å². The van der Waals surface area contributed by atoms with Crippen molar-refractivity contribution >= 4 is 40.5 Å². The molecule has 0 saturated carbocycles. The molecule has 2 atom stereocenters. The Labute approximate surface area is 174 Å². The summed E-state index contributed by atoms with van der Waals surface area (Å²) in [5.41, 5.74) is 0.00362. The van der Waals surface area contributed by atoms with Crippen LogP contribution in [0.15, 0.2) is 12.3 Å². The summed E-state index contributed by atoms with van der Waals surface area (Å²) in [4.78, 5) is 39.9. The Morgan fingerprint density at radius 3 is 2.69 bits per heavy atom. The predicted octanol–water partition coefficient (Wildman–Crippen LogP) is 2.74. The molecule has 29 heavy (non-hydrogen) atoms. The Morgan fingerprint density at radius 1 is 1.31 bits per heavy atom. The highest BCUT2D eigenvalue weighted by Gasteiger charge is 2.36. The Bertz CT molecular complexity index is 907. The van der Waals surface area contributed by atoms with E-state index in [0.29, 0.717) is 31.0 Å². The molecule has 9 nitrogen and oxygen atoms in total. The van der Waals surface area contributed by atoms with Gasteiger partial charge >= 0.3 is 6.09 Å². The van der Waals surface area contributed by atoms with Crippen molar-refractivity contribution in [3.05, 3.63) is 17.5 Å². The number of H-pyrrole nitrogens is 1. The third-order valence-corrected chi connectivity index (χ3v) is 4.79. The number of aromatic nitrogens is 3. The first kappa shape index (κ1) is 21.2. The quantitative estimate of drug-likeness (QED) is 0.737. The number of fused-ring (bicyclic) bond motifs is 1. The molecule has 3 heterocycles. The van der Waals surface area contributed by atoms with E-state index in [9.17, 15) is 9.59 Å². The molecule has 0 bridgehead atoms. The molecule has 2 aromatic rings. The molecule has 0 aromatic carbocycles. The molecule has 1 aliphatic heterocycles. The van der Waals surface area contributed by atoms with Crippen LogP contribution in [-0.4, -0.2) is 75.6 Å². The molecule has 1 fully saturated rings. The van der Waals surface area contributed by atoms with Gasteiger partial charge in [-0.25, -0.2) is 9.78 Å². The second-order valence-corrected chi connectivity index (χ2v) is 8.81. The Balaban J connectivity index is 1.85. The number of likely N-dealkylation sites (tertiary alicyclic amines) is 1. The normalized spacial score (nSPS) is 19.9. The van der Waals surface area contributed by atoms with E-state index in [-0.39, 0.29) is 23.2 Å². The predicted molar refractivity (Wildman–Crippen MR) is 111 cm³/mol. The van der Waals surface area contributed by atoms with Crippen LogP contribution in [0.25, 0.3) is 11.0 Å². The zero-order chi connectivity index (χ0) is 21.3. The van der Waals surface area contributed by atoms with Gasteiger partial charge < -0.3 is 24.8 Å². The van der Waals surface area contributed by atoms with E-state index in [1.54, 1.807) is 30.1 Å². The molecule has 0 radical (unpaired) electrons. The molecule has 1 aliphatic rings. The Kier molecular flexibility index (Phi) is 5.88. The van der Waals surface area contributed by atoms with Gasteiger partial charge in [-0.3, -0.25) is 4.79 Å². The Hall–Kier alpha value is -2.55. The van der Waals surface area contributed by atoms with Crippen molar-refractivity contribution in [3.63, 3.8) is 0 Å². The zero-order valence-electron chi connectivity index (χ0n) is 17.3. The van der Waals surface area contributed by atoms with Crippen molar-refractivity contribution in [1.29, 1.82) is 0 Å². The molecule has 10 heteroatoms. The van der Waals surface area contributed by atoms with Crippen LogP contribution < -0.4 is 5.32 Å². The number of carbonyl (C=O) groups is 2. The van der Waals surface area contributed by atoms with Crippen LogP contribution in [0.4, 0.5) is 10.6 Å². The lowest BCUT2D eigenvalue weighted by Crippen LogP contribution is -2.53. The van der Waals surface area contributed by atoms with Crippen LogP contribution in [0, 0.1) is 5.92 Å². The molecule has 3 rings (SSSR count). The number of piperidine rings is 1. The molecule has 0 aliphatic carbocycles. The summed E-state index contributed by atoms with van der Waals surface area (Å²) in [5.74, 6) is 0.189. The molecule has 158 valence electrons. The van der Waals surface area contributed by atoms with Crippen LogP contribution in [0.1, 0.15) is 27.2 Å². The number of hydrogen-bond acceptors (Lipinski definition) is 6. The number of hydrogen-bond donors (Lipinski definition) is 2. The maximum absolute atomic E-state index is 12.7. The third-order valence-electron chi connectivity index (χ3n) is 4.62. The zero-order valence-corrected chi connectivity index (χ0v) is 18.1. The SMILES string of the molecule is CN(C)C(=O)[C@@H]1C[C@H](Nc2nc(Cl)nc3[nH]ccc23)CN(C(=O)OC(C)(C)C)C1. The second kappa shape index (κ2) is 8.06. The van der Waals surface area contributed by atoms with Crippen LogP contribution in [0.5, 0.6) is 0 Å². The molecule has 0 spiro atoms. The molecular formula is C19H27ClN6O3. The third kappa shape index (κ3) is 5.09. The number of anilines is 1. The molecular weight excluding hydrogens is 396 g/mol.